The molecule has 0 radical (unpaired) electrons. The molecule has 0 aliphatic rings. The fourth-order valence-corrected chi connectivity index (χ4v) is 1.86. The van der Waals surface area contributed by atoms with Crippen LogP contribution in [0.5, 0.6) is 5.75 Å². The topological polar surface area (TPSA) is 37.9 Å². The monoisotopic (exact) mass is 220 g/mol. The maximum atomic E-state index is 9.00. The molecule has 0 bridgehead atoms. The molecule has 15 heavy (non-hydrogen) atoms. The Labute approximate surface area is 92.4 Å². The lowest BCUT2D eigenvalue weighted by atomic mass is 10.2. The van der Waals surface area contributed by atoms with Gasteiger partial charge in [0, 0.05) is 12.4 Å². The second-order valence-corrected chi connectivity index (χ2v) is 3.58. The summed E-state index contributed by atoms with van der Waals surface area (Å²) in [6.45, 7) is 0. The number of aromatic nitrogens is 1. The first-order valence-electron chi connectivity index (χ1n) is 4.41. The van der Waals surface area contributed by atoms with E-state index in [0.717, 1.165) is 16.7 Å². The Morgan fingerprint density at radius 3 is 2.80 bits per heavy atom. The average molecular weight is 221 g/mol. The minimum Gasteiger partial charge on any atom is -0.497 e. The second kappa shape index (κ2) is 3.48. The molecule has 1 aromatic heterocycles. The number of hydrogen-bond donors (Lipinski definition) is 0. The Bertz CT molecular complexity index is 566. The third-order valence-corrected chi connectivity index (χ3v) is 2.89. The molecule has 1 heterocycles. The first kappa shape index (κ1) is 9.88. The molecule has 0 N–H and O–H groups in total. The van der Waals surface area contributed by atoms with Crippen LogP contribution in [0.15, 0.2) is 18.2 Å². The van der Waals surface area contributed by atoms with E-state index < -0.39 is 0 Å². The van der Waals surface area contributed by atoms with E-state index in [4.69, 9.17) is 21.6 Å². The molecule has 0 fully saturated rings. The molecule has 76 valence electrons. The lowest BCUT2D eigenvalue weighted by Gasteiger charge is -2.00. The number of fused-ring (bicyclic) bond motifs is 1. The molecule has 0 spiro atoms. The molecule has 4 heteroatoms. The maximum Gasteiger partial charge on any atom is 0.127 e. The zero-order valence-corrected chi connectivity index (χ0v) is 9.17. The fraction of sp³-hybridized carbons (Fsp3) is 0.182. The molecule has 3 nitrogen and oxygen atoms in total. The number of nitriles is 1. The van der Waals surface area contributed by atoms with Gasteiger partial charge in [0.2, 0.25) is 0 Å². The van der Waals surface area contributed by atoms with Crippen LogP contribution in [0.3, 0.4) is 0 Å². The Balaban J connectivity index is 2.87. The number of hydrogen-bond acceptors (Lipinski definition) is 2. The molecular weight excluding hydrogens is 212 g/mol. The van der Waals surface area contributed by atoms with Crippen LogP contribution in [-0.4, -0.2) is 11.7 Å². The standard InChI is InChI=1S/C11H9ClN2O/c1-14-10-4-3-7(15-2)5-8(10)9(6-13)11(14)12/h3-5H,1-2H3. The van der Waals surface area contributed by atoms with E-state index in [-0.39, 0.29) is 0 Å². The summed E-state index contributed by atoms with van der Waals surface area (Å²) in [6, 6.07) is 7.66. The summed E-state index contributed by atoms with van der Waals surface area (Å²) < 4.78 is 6.90. The van der Waals surface area contributed by atoms with Crippen LogP contribution in [0.4, 0.5) is 0 Å². The Hall–Kier alpha value is -1.66. The third-order valence-electron chi connectivity index (χ3n) is 2.45. The van der Waals surface area contributed by atoms with Crippen molar-refractivity contribution in [3.8, 4) is 11.8 Å². The molecule has 1 aromatic carbocycles. The van der Waals surface area contributed by atoms with Gasteiger partial charge in [0.25, 0.3) is 0 Å². The van der Waals surface area contributed by atoms with E-state index in [0.29, 0.717) is 10.7 Å². The minimum atomic E-state index is 0.459. The van der Waals surface area contributed by atoms with Crippen molar-refractivity contribution in [1.29, 1.82) is 5.26 Å². The van der Waals surface area contributed by atoms with Gasteiger partial charge < -0.3 is 9.30 Å². The van der Waals surface area contributed by atoms with Crippen molar-refractivity contribution in [2.45, 2.75) is 0 Å². The van der Waals surface area contributed by atoms with E-state index in [2.05, 4.69) is 6.07 Å². The zero-order valence-electron chi connectivity index (χ0n) is 8.41. The summed E-state index contributed by atoms with van der Waals surface area (Å²) in [4.78, 5) is 0. The molecular formula is C11H9ClN2O. The van der Waals surface area contributed by atoms with Gasteiger partial charge >= 0.3 is 0 Å². The van der Waals surface area contributed by atoms with Crippen LogP contribution in [-0.2, 0) is 7.05 Å². The lowest BCUT2D eigenvalue weighted by molar-refractivity contribution is 0.415. The minimum absolute atomic E-state index is 0.459. The summed E-state index contributed by atoms with van der Waals surface area (Å²) in [7, 11) is 3.43. The van der Waals surface area contributed by atoms with Crippen molar-refractivity contribution in [3.05, 3.63) is 28.9 Å². The average Bonchev–Trinajstić information content (AvgIpc) is 2.51. The number of ether oxygens (including phenoxy) is 1. The molecule has 0 atom stereocenters. The number of benzene rings is 1. The zero-order chi connectivity index (χ0) is 11.0. The third kappa shape index (κ3) is 1.34. The molecule has 2 rings (SSSR count). The van der Waals surface area contributed by atoms with Gasteiger partial charge in [-0.3, -0.25) is 0 Å². The highest BCUT2D eigenvalue weighted by atomic mass is 35.5. The van der Waals surface area contributed by atoms with Crippen LogP contribution in [0.1, 0.15) is 5.56 Å². The van der Waals surface area contributed by atoms with E-state index in [1.54, 1.807) is 11.7 Å². The van der Waals surface area contributed by atoms with Gasteiger partial charge in [-0.05, 0) is 18.2 Å². The van der Waals surface area contributed by atoms with E-state index >= 15 is 0 Å². The van der Waals surface area contributed by atoms with Gasteiger partial charge in [0.1, 0.15) is 17.0 Å². The SMILES string of the molecule is COc1ccc2c(c1)c(C#N)c(Cl)n2C. The Morgan fingerprint density at radius 1 is 1.47 bits per heavy atom. The molecule has 0 amide bonds. The molecule has 0 unspecified atom stereocenters. The quantitative estimate of drug-likeness (QED) is 0.741. The normalized spacial score (nSPS) is 10.3. The molecule has 0 aliphatic heterocycles. The Morgan fingerprint density at radius 2 is 2.20 bits per heavy atom. The second-order valence-electron chi connectivity index (χ2n) is 3.22. The summed E-state index contributed by atoms with van der Waals surface area (Å²) in [6.07, 6.45) is 0. The summed E-state index contributed by atoms with van der Waals surface area (Å²) >= 11 is 6.03. The van der Waals surface area contributed by atoms with Crippen LogP contribution < -0.4 is 4.74 Å². The smallest absolute Gasteiger partial charge is 0.127 e. The first-order valence-corrected chi connectivity index (χ1v) is 4.79. The summed E-state index contributed by atoms with van der Waals surface area (Å²) in [5.41, 5.74) is 1.42. The lowest BCUT2D eigenvalue weighted by Crippen LogP contribution is -1.86. The van der Waals surface area contributed by atoms with Gasteiger partial charge in [-0.25, -0.2) is 0 Å². The number of halogens is 1. The Kier molecular flexibility index (Phi) is 2.29. The van der Waals surface area contributed by atoms with Gasteiger partial charge in [-0.2, -0.15) is 5.26 Å². The van der Waals surface area contributed by atoms with Crippen LogP contribution in [0.25, 0.3) is 10.9 Å². The van der Waals surface area contributed by atoms with Crippen molar-refractivity contribution < 1.29 is 4.74 Å². The van der Waals surface area contributed by atoms with Gasteiger partial charge in [0.05, 0.1) is 18.2 Å². The van der Waals surface area contributed by atoms with Crippen molar-refractivity contribution >= 4 is 22.5 Å². The summed E-state index contributed by atoms with van der Waals surface area (Å²) in [5.74, 6) is 0.723. The van der Waals surface area contributed by atoms with Crippen molar-refractivity contribution in [2.24, 2.45) is 7.05 Å². The predicted molar refractivity (Wildman–Crippen MR) is 59.2 cm³/mol. The fourth-order valence-electron chi connectivity index (χ4n) is 1.63. The molecule has 2 aromatic rings. The van der Waals surface area contributed by atoms with E-state index in [1.807, 2.05) is 25.2 Å². The highest BCUT2D eigenvalue weighted by Crippen LogP contribution is 2.30. The van der Waals surface area contributed by atoms with Crippen molar-refractivity contribution in [3.63, 3.8) is 0 Å². The van der Waals surface area contributed by atoms with Crippen LogP contribution >= 0.6 is 11.6 Å². The highest BCUT2D eigenvalue weighted by Gasteiger charge is 2.13. The van der Waals surface area contributed by atoms with Crippen LogP contribution in [0, 0.1) is 11.3 Å². The van der Waals surface area contributed by atoms with Gasteiger partial charge in [0.15, 0.2) is 0 Å². The van der Waals surface area contributed by atoms with Gasteiger partial charge in [-0.15, -0.1) is 0 Å². The predicted octanol–water partition coefficient (Wildman–Crippen LogP) is 2.71. The van der Waals surface area contributed by atoms with Crippen molar-refractivity contribution in [1.82, 2.24) is 4.57 Å². The summed E-state index contributed by atoms with van der Waals surface area (Å²) in [5, 5.41) is 10.3. The number of methoxy groups -OCH3 is 1. The maximum absolute atomic E-state index is 9.00. The van der Waals surface area contributed by atoms with Crippen molar-refractivity contribution in [2.75, 3.05) is 7.11 Å². The highest BCUT2D eigenvalue weighted by molar-refractivity contribution is 6.32. The first-order chi connectivity index (χ1) is 7.19. The van der Waals surface area contributed by atoms with Gasteiger partial charge in [-0.1, -0.05) is 11.6 Å². The van der Waals surface area contributed by atoms with E-state index in [9.17, 15) is 0 Å². The molecule has 0 saturated heterocycles. The number of aryl methyl sites for hydroxylation is 1. The number of nitrogens with zero attached hydrogens (tertiary/aromatic N) is 2. The molecule has 0 aliphatic carbocycles. The van der Waals surface area contributed by atoms with Crippen LogP contribution in [0.2, 0.25) is 5.15 Å². The number of rotatable bonds is 1. The molecule has 0 saturated carbocycles. The largest absolute Gasteiger partial charge is 0.497 e. The van der Waals surface area contributed by atoms with E-state index in [1.165, 1.54) is 0 Å².